The number of hydrogen-bond donors (Lipinski definition) is 4. The summed E-state index contributed by atoms with van der Waals surface area (Å²) in [4.78, 5) is 21.8. The molecule has 0 bridgehead atoms. The summed E-state index contributed by atoms with van der Waals surface area (Å²) in [6.07, 6.45) is -1.38. The molecule has 1 aliphatic heterocycles. The van der Waals surface area contributed by atoms with Crippen molar-refractivity contribution in [2.24, 2.45) is 0 Å². The fraction of sp³-hybridized carbons (Fsp3) is 0.867. The van der Waals surface area contributed by atoms with Crippen molar-refractivity contribution in [3.05, 3.63) is 0 Å². The lowest BCUT2D eigenvalue weighted by Gasteiger charge is -2.56. The third-order valence-corrected chi connectivity index (χ3v) is 8.44. The van der Waals surface area contributed by atoms with Crippen LogP contribution in [0.4, 0.5) is 0 Å². The Morgan fingerprint density at radius 1 is 0.958 bits per heavy atom. The number of carbonyl (C=O) groups is 2. The van der Waals surface area contributed by atoms with Gasteiger partial charge < -0.3 is 25.1 Å². The van der Waals surface area contributed by atoms with Crippen molar-refractivity contribution in [3.63, 3.8) is 0 Å². The van der Waals surface area contributed by atoms with Crippen molar-refractivity contribution in [1.82, 2.24) is 5.06 Å². The standard InChI is InChI=1S/C15H28NO7P/c1-13(2)9-15(21,10-14(3,4)16(13)22)24(23,7-5-11(17)18)8-6-12(19)20/h21-22H,5-10H2,1-4H3,(H,17,18)(H,19,20). The molecule has 0 saturated carbocycles. The average Bonchev–Trinajstić information content (AvgIpc) is 2.39. The second-order valence-corrected chi connectivity index (χ2v) is 11.4. The summed E-state index contributed by atoms with van der Waals surface area (Å²) in [5, 5.41) is 38.8. The molecule has 0 unspecified atom stereocenters. The molecule has 0 amide bonds. The van der Waals surface area contributed by atoms with Crippen LogP contribution < -0.4 is 0 Å². The Morgan fingerprint density at radius 2 is 1.29 bits per heavy atom. The molecule has 0 aliphatic carbocycles. The van der Waals surface area contributed by atoms with Crippen molar-refractivity contribution < 1.29 is 34.7 Å². The van der Waals surface area contributed by atoms with Crippen LogP contribution in [0.15, 0.2) is 0 Å². The van der Waals surface area contributed by atoms with E-state index in [0.29, 0.717) is 0 Å². The van der Waals surface area contributed by atoms with Crippen molar-refractivity contribution in [2.75, 3.05) is 12.3 Å². The van der Waals surface area contributed by atoms with E-state index in [9.17, 15) is 24.5 Å². The largest absolute Gasteiger partial charge is 0.481 e. The van der Waals surface area contributed by atoms with Gasteiger partial charge in [-0.3, -0.25) is 9.59 Å². The van der Waals surface area contributed by atoms with Gasteiger partial charge in [0.25, 0.3) is 0 Å². The fourth-order valence-corrected chi connectivity index (χ4v) is 7.30. The van der Waals surface area contributed by atoms with Gasteiger partial charge in [-0.25, -0.2) is 0 Å². The number of carboxylic acid groups (broad SMARTS) is 2. The molecule has 140 valence electrons. The van der Waals surface area contributed by atoms with E-state index in [2.05, 4.69) is 0 Å². The van der Waals surface area contributed by atoms with E-state index in [0.717, 1.165) is 5.06 Å². The van der Waals surface area contributed by atoms with Gasteiger partial charge in [0.1, 0.15) is 12.5 Å². The first-order valence-electron chi connectivity index (χ1n) is 7.89. The minimum atomic E-state index is -3.54. The highest BCUT2D eigenvalue weighted by Crippen LogP contribution is 2.65. The fourth-order valence-electron chi connectivity index (χ4n) is 3.79. The molecule has 0 radical (unpaired) electrons. The Kier molecular flexibility index (Phi) is 5.93. The van der Waals surface area contributed by atoms with Crippen LogP contribution in [0.5, 0.6) is 0 Å². The number of aliphatic carboxylic acids is 2. The lowest BCUT2D eigenvalue weighted by atomic mass is 9.80. The Bertz CT molecular complexity index is 518. The molecule has 1 rings (SSSR count). The smallest absolute Gasteiger partial charge is 0.303 e. The Balaban J connectivity index is 3.25. The summed E-state index contributed by atoms with van der Waals surface area (Å²) in [5.74, 6) is -2.29. The summed E-state index contributed by atoms with van der Waals surface area (Å²) in [6, 6.07) is 0. The predicted molar refractivity (Wildman–Crippen MR) is 87.8 cm³/mol. The molecule has 24 heavy (non-hydrogen) atoms. The van der Waals surface area contributed by atoms with Gasteiger partial charge in [-0.2, -0.15) is 5.06 Å². The van der Waals surface area contributed by atoms with E-state index >= 15 is 0 Å². The molecule has 1 saturated heterocycles. The SMILES string of the molecule is CC1(C)CC(O)(P(=O)(CCC(=O)O)CCC(=O)O)CC(C)(C)N1O. The first-order valence-corrected chi connectivity index (χ1v) is 9.96. The summed E-state index contributed by atoms with van der Waals surface area (Å²) >= 11 is 0. The van der Waals surface area contributed by atoms with Crippen LogP contribution in [-0.4, -0.2) is 66.3 Å². The number of aliphatic hydroxyl groups is 1. The molecule has 1 aliphatic rings. The third kappa shape index (κ3) is 4.36. The van der Waals surface area contributed by atoms with Crippen LogP contribution in [0.3, 0.4) is 0 Å². The number of hydroxylamine groups is 2. The van der Waals surface area contributed by atoms with E-state index < -0.39 is 48.3 Å². The van der Waals surface area contributed by atoms with Crippen LogP contribution in [0.25, 0.3) is 0 Å². The van der Waals surface area contributed by atoms with Gasteiger partial charge in [-0.05, 0) is 27.7 Å². The predicted octanol–water partition coefficient (Wildman–Crippen LogP) is 2.03. The zero-order chi connectivity index (χ0) is 19.0. The van der Waals surface area contributed by atoms with Gasteiger partial charge in [0.15, 0.2) is 0 Å². The lowest BCUT2D eigenvalue weighted by Crippen LogP contribution is -2.64. The van der Waals surface area contributed by atoms with Crippen LogP contribution >= 0.6 is 7.14 Å². The summed E-state index contributed by atoms with van der Waals surface area (Å²) in [7, 11) is -3.54. The molecular formula is C15H28NO7P. The van der Waals surface area contributed by atoms with Crippen molar-refractivity contribution in [1.29, 1.82) is 0 Å². The zero-order valence-electron chi connectivity index (χ0n) is 14.7. The molecule has 0 aromatic heterocycles. The second kappa shape index (κ2) is 6.75. The maximum Gasteiger partial charge on any atom is 0.303 e. The topological polar surface area (TPSA) is 135 Å². The number of rotatable bonds is 7. The number of piperidine rings is 1. The van der Waals surface area contributed by atoms with Gasteiger partial charge in [0.2, 0.25) is 0 Å². The van der Waals surface area contributed by atoms with Crippen molar-refractivity contribution >= 4 is 19.1 Å². The Hall–Kier alpha value is -0.950. The molecular weight excluding hydrogens is 337 g/mol. The van der Waals surface area contributed by atoms with Gasteiger partial charge in [-0.15, -0.1) is 0 Å². The van der Waals surface area contributed by atoms with Gasteiger partial charge in [0.05, 0.1) is 12.8 Å². The Morgan fingerprint density at radius 3 is 1.58 bits per heavy atom. The van der Waals surface area contributed by atoms with Gasteiger partial charge in [0, 0.05) is 36.2 Å². The second-order valence-electron chi connectivity index (χ2n) is 7.90. The van der Waals surface area contributed by atoms with E-state index in [4.69, 9.17) is 10.2 Å². The molecule has 0 spiro atoms. The van der Waals surface area contributed by atoms with Crippen LogP contribution in [0, 0.1) is 0 Å². The highest BCUT2D eigenvalue weighted by molar-refractivity contribution is 7.65. The zero-order valence-corrected chi connectivity index (χ0v) is 15.5. The summed E-state index contributed by atoms with van der Waals surface area (Å²) in [6.45, 7) is 6.77. The molecule has 1 heterocycles. The third-order valence-electron chi connectivity index (χ3n) is 4.71. The molecule has 0 atom stereocenters. The normalized spacial score (nSPS) is 22.9. The molecule has 0 aromatic rings. The van der Waals surface area contributed by atoms with Crippen LogP contribution in [0.1, 0.15) is 53.4 Å². The van der Waals surface area contributed by atoms with Crippen molar-refractivity contribution in [2.45, 2.75) is 69.8 Å². The molecule has 8 nitrogen and oxygen atoms in total. The van der Waals surface area contributed by atoms with Crippen LogP contribution in [-0.2, 0) is 14.2 Å². The summed E-state index contributed by atoms with van der Waals surface area (Å²) < 4.78 is 13.5. The molecule has 4 N–H and O–H groups in total. The lowest BCUT2D eigenvalue weighted by molar-refractivity contribution is -0.263. The monoisotopic (exact) mass is 365 g/mol. The van der Waals surface area contributed by atoms with Gasteiger partial charge in [-0.1, -0.05) is 0 Å². The van der Waals surface area contributed by atoms with Crippen LogP contribution in [0.2, 0.25) is 0 Å². The summed E-state index contributed by atoms with van der Waals surface area (Å²) in [5.41, 5.74) is -1.78. The quantitative estimate of drug-likeness (QED) is 0.503. The first-order chi connectivity index (χ1) is 10.7. The van der Waals surface area contributed by atoms with E-state index in [1.807, 2.05) is 0 Å². The molecule has 1 fully saturated rings. The maximum atomic E-state index is 13.5. The molecule has 0 aromatic carbocycles. The first kappa shape index (κ1) is 21.1. The van der Waals surface area contributed by atoms with E-state index in [1.54, 1.807) is 27.7 Å². The average molecular weight is 365 g/mol. The highest BCUT2D eigenvalue weighted by atomic mass is 31.2. The Labute approximate surface area is 141 Å². The molecule has 9 heteroatoms. The number of nitrogens with zero attached hydrogens (tertiary/aromatic N) is 1. The minimum absolute atomic E-state index is 0.0313. The van der Waals surface area contributed by atoms with E-state index in [-0.39, 0.29) is 25.2 Å². The van der Waals surface area contributed by atoms with Crippen molar-refractivity contribution in [3.8, 4) is 0 Å². The highest BCUT2D eigenvalue weighted by Gasteiger charge is 2.58. The van der Waals surface area contributed by atoms with Gasteiger partial charge >= 0.3 is 11.9 Å². The minimum Gasteiger partial charge on any atom is -0.481 e. The number of hydrogen-bond acceptors (Lipinski definition) is 6. The maximum absolute atomic E-state index is 13.5. The van der Waals surface area contributed by atoms with E-state index in [1.165, 1.54) is 0 Å². The number of carboxylic acids is 2.